The van der Waals surface area contributed by atoms with E-state index in [0.29, 0.717) is 12.1 Å². The number of amides is 1. The molecule has 0 spiro atoms. The van der Waals surface area contributed by atoms with E-state index in [4.69, 9.17) is 0 Å². The third kappa shape index (κ3) is 4.20. The maximum Gasteiger partial charge on any atom is 0.251 e. The molecule has 3 heterocycles. The first-order valence-electron chi connectivity index (χ1n) is 9.46. The monoisotopic (exact) mass is 376 g/mol. The molecule has 0 radical (unpaired) electrons. The molecule has 28 heavy (non-hydrogen) atoms. The van der Waals surface area contributed by atoms with Crippen LogP contribution in [-0.4, -0.2) is 58.8 Å². The van der Waals surface area contributed by atoms with Gasteiger partial charge in [-0.05, 0) is 49.0 Å². The first-order chi connectivity index (χ1) is 13.7. The maximum atomic E-state index is 12.4. The molecule has 1 aliphatic rings. The van der Waals surface area contributed by atoms with E-state index in [-0.39, 0.29) is 5.91 Å². The number of anilines is 1. The fourth-order valence-corrected chi connectivity index (χ4v) is 3.22. The van der Waals surface area contributed by atoms with Crippen LogP contribution in [0.3, 0.4) is 0 Å². The van der Waals surface area contributed by atoms with Gasteiger partial charge in [-0.15, -0.1) is 0 Å². The Balaban J connectivity index is 1.32. The number of nitrogens with zero attached hydrogens (tertiary/aromatic N) is 5. The molecule has 1 fully saturated rings. The van der Waals surface area contributed by atoms with Crippen molar-refractivity contribution in [1.29, 1.82) is 0 Å². The molecule has 1 aliphatic heterocycles. The Morgan fingerprint density at radius 1 is 1.07 bits per heavy atom. The molecular formula is C21H24N6O. The summed E-state index contributed by atoms with van der Waals surface area (Å²) in [6, 6.07) is 13.3. The van der Waals surface area contributed by atoms with Gasteiger partial charge in [-0.1, -0.05) is 6.07 Å². The molecule has 1 amide bonds. The van der Waals surface area contributed by atoms with Crippen LogP contribution in [-0.2, 0) is 6.54 Å². The summed E-state index contributed by atoms with van der Waals surface area (Å²) in [7, 11) is 2.14. The van der Waals surface area contributed by atoms with Gasteiger partial charge < -0.3 is 15.1 Å². The van der Waals surface area contributed by atoms with Crippen molar-refractivity contribution in [3.8, 4) is 5.69 Å². The van der Waals surface area contributed by atoms with Crippen molar-refractivity contribution in [3.05, 3.63) is 72.2 Å². The Hall–Kier alpha value is -3.19. The second-order valence-electron chi connectivity index (χ2n) is 7.00. The second-order valence-corrected chi connectivity index (χ2v) is 7.00. The molecule has 0 atom stereocenters. The van der Waals surface area contributed by atoms with Gasteiger partial charge in [-0.3, -0.25) is 4.79 Å². The van der Waals surface area contributed by atoms with Crippen LogP contribution in [0.15, 0.2) is 61.1 Å². The van der Waals surface area contributed by atoms with E-state index < -0.39 is 0 Å². The molecule has 0 saturated carbocycles. The van der Waals surface area contributed by atoms with Crippen LogP contribution < -0.4 is 10.2 Å². The van der Waals surface area contributed by atoms with Crippen LogP contribution in [0.4, 0.5) is 5.82 Å². The topological polar surface area (TPSA) is 66.3 Å². The van der Waals surface area contributed by atoms with E-state index in [0.717, 1.165) is 43.2 Å². The van der Waals surface area contributed by atoms with E-state index in [1.165, 1.54) is 0 Å². The highest BCUT2D eigenvalue weighted by Crippen LogP contribution is 2.14. The molecule has 1 aromatic carbocycles. The fraction of sp³-hybridized carbons (Fsp3) is 0.286. The molecule has 0 aliphatic carbocycles. The van der Waals surface area contributed by atoms with Gasteiger partial charge in [0.1, 0.15) is 5.82 Å². The summed E-state index contributed by atoms with van der Waals surface area (Å²) in [5, 5.41) is 7.14. The van der Waals surface area contributed by atoms with Crippen LogP contribution >= 0.6 is 0 Å². The lowest BCUT2D eigenvalue weighted by atomic mass is 10.2. The highest BCUT2D eigenvalue weighted by Gasteiger charge is 2.15. The van der Waals surface area contributed by atoms with E-state index in [2.05, 4.69) is 32.2 Å². The van der Waals surface area contributed by atoms with E-state index in [9.17, 15) is 4.79 Å². The average Bonchev–Trinajstić information content (AvgIpc) is 3.28. The van der Waals surface area contributed by atoms with Crippen molar-refractivity contribution >= 4 is 11.7 Å². The number of rotatable bonds is 5. The molecule has 1 N–H and O–H groups in total. The first-order valence-corrected chi connectivity index (χ1v) is 9.46. The van der Waals surface area contributed by atoms with Crippen molar-refractivity contribution < 1.29 is 4.79 Å². The lowest BCUT2D eigenvalue weighted by Crippen LogP contribution is -2.44. The molecular weight excluding hydrogens is 352 g/mol. The molecule has 7 heteroatoms. The standard InChI is InChI=1S/C21H24N6O/c1-25-11-13-26(14-12-25)20-8-3-17(15-22-20)16-23-21(28)18-4-6-19(7-5-18)27-10-2-9-24-27/h2-10,15H,11-14,16H2,1H3,(H,23,28). The summed E-state index contributed by atoms with van der Waals surface area (Å²) in [6.07, 6.45) is 5.44. The maximum absolute atomic E-state index is 12.4. The van der Waals surface area contributed by atoms with Gasteiger partial charge in [0.05, 0.1) is 5.69 Å². The summed E-state index contributed by atoms with van der Waals surface area (Å²) < 4.78 is 1.76. The first kappa shape index (κ1) is 18.2. The predicted octanol–water partition coefficient (Wildman–Crippen LogP) is 1.95. The van der Waals surface area contributed by atoms with Gasteiger partial charge in [-0.25, -0.2) is 9.67 Å². The molecule has 3 aromatic rings. The minimum atomic E-state index is -0.102. The van der Waals surface area contributed by atoms with Crippen molar-refractivity contribution in [2.75, 3.05) is 38.1 Å². The number of likely N-dealkylation sites (N-methyl/N-ethyl adjacent to an activating group) is 1. The van der Waals surface area contributed by atoms with E-state index in [1.54, 1.807) is 23.0 Å². The number of nitrogens with one attached hydrogen (secondary N) is 1. The Morgan fingerprint density at radius 2 is 1.86 bits per heavy atom. The smallest absolute Gasteiger partial charge is 0.251 e. The second kappa shape index (κ2) is 8.22. The third-order valence-electron chi connectivity index (χ3n) is 4.99. The number of aromatic nitrogens is 3. The molecule has 0 bridgehead atoms. The number of pyridine rings is 1. The van der Waals surface area contributed by atoms with Crippen molar-refractivity contribution in [2.24, 2.45) is 0 Å². The summed E-state index contributed by atoms with van der Waals surface area (Å²) in [4.78, 5) is 21.6. The van der Waals surface area contributed by atoms with Crippen LogP contribution in [0.5, 0.6) is 0 Å². The van der Waals surface area contributed by atoms with Crippen molar-refractivity contribution in [1.82, 2.24) is 25.0 Å². The minimum absolute atomic E-state index is 0.102. The normalized spacial score (nSPS) is 14.8. The molecule has 144 valence electrons. The van der Waals surface area contributed by atoms with Gasteiger partial charge in [0.25, 0.3) is 5.91 Å². The molecule has 0 unspecified atom stereocenters. The van der Waals surface area contributed by atoms with Gasteiger partial charge in [0.15, 0.2) is 0 Å². The zero-order valence-electron chi connectivity index (χ0n) is 16.0. The Bertz CT molecular complexity index is 897. The molecule has 4 rings (SSSR count). The lowest BCUT2D eigenvalue weighted by molar-refractivity contribution is 0.0951. The average molecular weight is 376 g/mol. The van der Waals surface area contributed by atoms with Crippen molar-refractivity contribution in [2.45, 2.75) is 6.54 Å². The van der Waals surface area contributed by atoms with Gasteiger partial charge in [-0.2, -0.15) is 5.10 Å². The van der Waals surface area contributed by atoms with Crippen LogP contribution in [0.2, 0.25) is 0 Å². The number of hydrogen-bond acceptors (Lipinski definition) is 5. The van der Waals surface area contributed by atoms with Crippen LogP contribution in [0, 0.1) is 0 Å². The summed E-state index contributed by atoms with van der Waals surface area (Å²) >= 11 is 0. The third-order valence-corrected chi connectivity index (χ3v) is 4.99. The number of carbonyl (C=O) groups is 1. The Kier molecular flexibility index (Phi) is 5.34. The lowest BCUT2D eigenvalue weighted by Gasteiger charge is -2.33. The molecule has 2 aromatic heterocycles. The summed E-state index contributed by atoms with van der Waals surface area (Å²) in [5.41, 5.74) is 2.53. The molecule has 7 nitrogen and oxygen atoms in total. The Labute approximate surface area is 164 Å². The van der Waals surface area contributed by atoms with Crippen LogP contribution in [0.1, 0.15) is 15.9 Å². The number of benzene rings is 1. The van der Waals surface area contributed by atoms with E-state index >= 15 is 0 Å². The highest BCUT2D eigenvalue weighted by molar-refractivity contribution is 5.94. The zero-order valence-corrected chi connectivity index (χ0v) is 16.0. The van der Waals surface area contributed by atoms with Crippen molar-refractivity contribution in [3.63, 3.8) is 0 Å². The largest absolute Gasteiger partial charge is 0.354 e. The van der Waals surface area contributed by atoms with Crippen LogP contribution in [0.25, 0.3) is 5.69 Å². The zero-order chi connectivity index (χ0) is 19.3. The van der Waals surface area contributed by atoms with Gasteiger partial charge >= 0.3 is 0 Å². The highest BCUT2D eigenvalue weighted by atomic mass is 16.1. The SMILES string of the molecule is CN1CCN(c2ccc(CNC(=O)c3ccc(-n4cccn4)cc3)cn2)CC1. The van der Waals surface area contributed by atoms with Gasteiger partial charge in [0.2, 0.25) is 0 Å². The number of hydrogen-bond donors (Lipinski definition) is 1. The van der Waals surface area contributed by atoms with Gasteiger partial charge in [0, 0.05) is 56.9 Å². The fourth-order valence-electron chi connectivity index (χ4n) is 3.22. The summed E-state index contributed by atoms with van der Waals surface area (Å²) in [6.45, 7) is 4.55. The molecule has 1 saturated heterocycles. The number of piperazine rings is 1. The van der Waals surface area contributed by atoms with E-state index in [1.807, 2.05) is 42.7 Å². The Morgan fingerprint density at radius 3 is 2.50 bits per heavy atom. The quantitative estimate of drug-likeness (QED) is 0.737. The number of carbonyl (C=O) groups excluding carboxylic acids is 1. The predicted molar refractivity (Wildman–Crippen MR) is 109 cm³/mol. The minimum Gasteiger partial charge on any atom is -0.354 e. The summed E-state index contributed by atoms with van der Waals surface area (Å²) in [5.74, 6) is 0.896.